The lowest BCUT2D eigenvalue weighted by atomic mass is 10.1. The fourth-order valence-electron chi connectivity index (χ4n) is 1.33. The second-order valence-electron chi connectivity index (χ2n) is 4.35. The second-order valence-corrected chi connectivity index (χ2v) is 6.11. The highest BCUT2D eigenvalue weighted by atomic mass is 35.5. The quantitative estimate of drug-likeness (QED) is 0.653. The summed E-state index contributed by atoms with van der Waals surface area (Å²) >= 11 is 12.2. The molecule has 1 N–H and O–H groups in total. The van der Waals surface area contributed by atoms with Crippen molar-refractivity contribution in [2.45, 2.75) is 37.2 Å². The Morgan fingerprint density at radius 3 is 2.24 bits per heavy atom. The molecule has 0 aliphatic carbocycles. The van der Waals surface area contributed by atoms with E-state index in [2.05, 4.69) is 17.2 Å². The van der Waals surface area contributed by atoms with E-state index in [4.69, 9.17) is 23.2 Å². The third-order valence-electron chi connectivity index (χ3n) is 2.14. The van der Waals surface area contributed by atoms with Crippen molar-refractivity contribution in [1.29, 1.82) is 0 Å². The Balaban J connectivity index is 2.84. The molecule has 0 fully saturated rings. The van der Waals surface area contributed by atoms with Crippen molar-refractivity contribution in [2.75, 3.05) is 0 Å². The molecule has 1 aromatic carbocycles. The summed E-state index contributed by atoms with van der Waals surface area (Å²) in [5.41, 5.74) is 0.959. The van der Waals surface area contributed by atoms with Crippen molar-refractivity contribution in [1.82, 2.24) is 5.32 Å². The van der Waals surface area contributed by atoms with Gasteiger partial charge < -0.3 is 0 Å². The molecule has 0 saturated carbocycles. The van der Waals surface area contributed by atoms with Crippen LogP contribution >= 0.6 is 23.2 Å². The molecule has 0 spiro atoms. The van der Waals surface area contributed by atoms with Crippen LogP contribution in [0.3, 0.4) is 0 Å². The first-order valence-electron chi connectivity index (χ1n) is 5.60. The second kappa shape index (κ2) is 6.31. The van der Waals surface area contributed by atoms with Gasteiger partial charge in [0, 0.05) is 11.6 Å². The topological polar surface area (TPSA) is 12.0 Å². The van der Waals surface area contributed by atoms with Gasteiger partial charge in [0.25, 0.3) is 0 Å². The average Bonchev–Trinajstić information content (AvgIpc) is 2.23. The van der Waals surface area contributed by atoms with Crippen LogP contribution < -0.4 is 5.32 Å². The van der Waals surface area contributed by atoms with E-state index in [1.165, 1.54) is 0 Å². The first kappa shape index (κ1) is 14.4. The van der Waals surface area contributed by atoms with Crippen molar-refractivity contribution < 1.29 is 0 Å². The van der Waals surface area contributed by atoms with Gasteiger partial charge >= 0.3 is 0 Å². The Hall–Kier alpha value is -0.680. The zero-order valence-corrected chi connectivity index (χ0v) is 11.8. The minimum atomic E-state index is -0.911. The van der Waals surface area contributed by atoms with Crippen LogP contribution in [-0.2, 0) is 0 Å². The first-order chi connectivity index (χ1) is 7.89. The zero-order valence-electron chi connectivity index (χ0n) is 10.3. The number of nitrogens with one attached hydrogen (secondary N) is 1. The van der Waals surface area contributed by atoms with E-state index in [1.807, 2.05) is 44.2 Å². The first-order valence-corrected chi connectivity index (χ1v) is 6.35. The maximum atomic E-state index is 6.11. The van der Waals surface area contributed by atoms with Crippen LogP contribution in [0, 0.1) is 11.8 Å². The molecule has 0 aliphatic heterocycles. The highest BCUT2D eigenvalue weighted by molar-refractivity contribution is 6.48. The van der Waals surface area contributed by atoms with Gasteiger partial charge in [-0.1, -0.05) is 53.2 Å². The van der Waals surface area contributed by atoms with Crippen LogP contribution in [0.4, 0.5) is 0 Å². The third-order valence-corrected chi connectivity index (χ3v) is 2.58. The fraction of sp³-hybridized carbons (Fsp3) is 0.429. The molecule has 1 aromatic rings. The van der Waals surface area contributed by atoms with Gasteiger partial charge in [0.15, 0.2) is 0 Å². The lowest BCUT2D eigenvalue weighted by Gasteiger charge is -2.24. The van der Waals surface area contributed by atoms with Crippen molar-refractivity contribution in [3.8, 4) is 11.8 Å². The van der Waals surface area contributed by atoms with Crippen LogP contribution in [0.2, 0.25) is 0 Å². The van der Waals surface area contributed by atoms with Gasteiger partial charge in [0.2, 0.25) is 0 Å². The summed E-state index contributed by atoms with van der Waals surface area (Å²) in [5.74, 6) is 6.16. The van der Waals surface area contributed by atoms with Crippen molar-refractivity contribution in [3.63, 3.8) is 0 Å². The summed E-state index contributed by atoms with van der Waals surface area (Å²) in [5, 5.41) is 3.25. The molecule has 0 heterocycles. The Morgan fingerprint density at radius 2 is 1.76 bits per heavy atom. The Kier molecular flexibility index (Phi) is 5.33. The normalized spacial score (nSPS) is 13.1. The molecule has 1 rings (SSSR count). The lowest BCUT2D eigenvalue weighted by Crippen LogP contribution is -2.44. The van der Waals surface area contributed by atoms with Crippen LogP contribution in [0.15, 0.2) is 30.3 Å². The van der Waals surface area contributed by atoms with Gasteiger partial charge in [0.1, 0.15) is 10.4 Å². The minimum absolute atomic E-state index is 0.258. The van der Waals surface area contributed by atoms with Gasteiger partial charge in [-0.2, -0.15) is 0 Å². The van der Waals surface area contributed by atoms with Crippen LogP contribution in [0.25, 0.3) is 0 Å². The summed E-state index contributed by atoms with van der Waals surface area (Å²) in [4.78, 5) is 0. The summed E-state index contributed by atoms with van der Waals surface area (Å²) < 4.78 is -0.911. The van der Waals surface area contributed by atoms with Crippen LogP contribution in [0.5, 0.6) is 0 Å². The molecule has 3 heteroatoms. The maximum Gasteiger partial charge on any atom is 0.141 e. The highest BCUT2D eigenvalue weighted by Crippen LogP contribution is 2.24. The van der Waals surface area contributed by atoms with Gasteiger partial charge in [-0.3, -0.25) is 5.32 Å². The molecule has 0 unspecified atom stereocenters. The Bertz CT molecular complexity index is 396. The summed E-state index contributed by atoms with van der Waals surface area (Å²) in [7, 11) is 0. The van der Waals surface area contributed by atoms with E-state index in [0.717, 1.165) is 5.56 Å². The number of rotatable bonds is 3. The summed E-state index contributed by atoms with van der Waals surface area (Å²) in [6.45, 7) is 5.82. The van der Waals surface area contributed by atoms with E-state index in [0.29, 0.717) is 0 Å². The summed E-state index contributed by atoms with van der Waals surface area (Å²) in [6.07, 6.45) is 0. The van der Waals surface area contributed by atoms with Gasteiger partial charge in [-0.15, -0.1) is 0 Å². The van der Waals surface area contributed by atoms with Gasteiger partial charge in [-0.05, 0) is 32.9 Å². The molecule has 0 saturated heterocycles. The van der Waals surface area contributed by atoms with E-state index >= 15 is 0 Å². The minimum Gasteiger partial charge on any atom is -0.299 e. The molecule has 0 bridgehead atoms. The Morgan fingerprint density at radius 1 is 1.18 bits per heavy atom. The number of benzene rings is 1. The SMILES string of the molecule is CC(C)N[C@H](C#Cc1ccccc1)C(C)(Cl)Cl. The molecule has 0 aliphatic rings. The Labute approximate surface area is 114 Å². The largest absolute Gasteiger partial charge is 0.299 e. The lowest BCUT2D eigenvalue weighted by molar-refractivity contribution is 0.507. The zero-order chi connectivity index (χ0) is 12.9. The van der Waals surface area contributed by atoms with Crippen molar-refractivity contribution in [2.24, 2.45) is 0 Å². The van der Waals surface area contributed by atoms with E-state index in [1.54, 1.807) is 6.92 Å². The molecule has 0 amide bonds. The summed E-state index contributed by atoms with van der Waals surface area (Å²) in [6, 6.07) is 9.80. The number of halogens is 2. The van der Waals surface area contributed by atoms with Crippen molar-refractivity contribution >= 4 is 23.2 Å². The molecule has 0 aromatic heterocycles. The predicted octanol–water partition coefficient (Wildman–Crippen LogP) is 3.60. The molecule has 0 radical (unpaired) electrons. The maximum absolute atomic E-state index is 6.11. The van der Waals surface area contributed by atoms with Crippen LogP contribution in [-0.4, -0.2) is 16.4 Å². The fourth-order valence-corrected chi connectivity index (χ4v) is 1.56. The number of hydrogen-bond acceptors (Lipinski definition) is 1. The predicted molar refractivity (Wildman–Crippen MR) is 75.5 cm³/mol. The molecular weight excluding hydrogens is 253 g/mol. The standard InChI is InChI=1S/C14H17Cl2N/c1-11(2)17-13(14(3,15)16)10-9-12-7-5-4-6-8-12/h4-8,11,13,17H,1-3H3/t13-/m1/s1. The van der Waals surface area contributed by atoms with E-state index in [-0.39, 0.29) is 12.1 Å². The number of alkyl halides is 2. The molecular formula is C14H17Cl2N. The smallest absolute Gasteiger partial charge is 0.141 e. The van der Waals surface area contributed by atoms with Crippen LogP contribution in [0.1, 0.15) is 26.3 Å². The third kappa shape index (κ3) is 5.46. The average molecular weight is 270 g/mol. The monoisotopic (exact) mass is 269 g/mol. The highest BCUT2D eigenvalue weighted by Gasteiger charge is 2.28. The van der Waals surface area contributed by atoms with E-state index < -0.39 is 4.33 Å². The molecule has 1 nitrogen and oxygen atoms in total. The molecule has 92 valence electrons. The van der Waals surface area contributed by atoms with Gasteiger partial charge in [-0.25, -0.2) is 0 Å². The van der Waals surface area contributed by atoms with Gasteiger partial charge in [0.05, 0.1) is 0 Å². The number of hydrogen-bond donors (Lipinski definition) is 1. The molecule has 1 atom stereocenters. The molecule has 17 heavy (non-hydrogen) atoms. The van der Waals surface area contributed by atoms with Crippen molar-refractivity contribution in [3.05, 3.63) is 35.9 Å². The van der Waals surface area contributed by atoms with E-state index in [9.17, 15) is 0 Å².